The maximum Gasteiger partial charge on any atom is 0.257 e. The van der Waals surface area contributed by atoms with Gasteiger partial charge in [0, 0.05) is 18.0 Å². The van der Waals surface area contributed by atoms with E-state index >= 15 is 0 Å². The molecule has 0 saturated carbocycles. The standard InChI is InChI=1S/C12H14Cl2FNO/c1-12(2,7-13)16(3)11(17)9-5-4-8(14)6-10(9)15/h4-6H,7H2,1-3H3. The van der Waals surface area contributed by atoms with Crippen molar-refractivity contribution in [2.75, 3.05) is 12.9 Å². The van der Waals surface area contributed by atoms with Crippen LogP contribution in [0.25, 0.3) is 0 Å². The first-order valence-electron chi connectivity index (χ1n) is 5.09. The zero-order valence-electron chi connectivity index (χ0n) is 9.93. The van der Waals surface area contributed by atoms with Gasteiger partial charge in [-0.15, -0.1) is 11.6 Å². The van der Waals surface area contributed by atoms with Crippen LogP contribution in [0.4, 0.5) is 4.39 Å². The Hall–Kier alpha value is -0.800. The van der Waals surface area contributed by atoms with E-state index in [4.69, 9.17) is 23.2 Å². The van der Waals surface area contributed by atoms with Gasteiger partial charge in [-0.05, 0) is 32.0 Å². The van der Waals surface area contributed by atoms with Crippen molar-refractivity contribution in [3.05, 3.63) is 34.6 Å². The molecule has 0 spiro atoms. The Kier molecular flexibility index (Phi) is 4.39. The summed E-state index contributed by atoms with van der Waals surface area (Å²) in [6, 6.07) is 3.98. The van der Waals surface area contributed by atoms with Crippen molar-refractivity contribution in [2.24, 2.45) is 0 Å². The molecular weight excluding hydrogens is 264 g/mol. The average molecular weight is 278 g/mol. The lowest BCUT2D eigenvalue weighted by atomic mass is 10.0. The molecule has 1 rings (SSSR count). The Morgan fingerprint density at radius 3 is 2.53 bits per heavy atom. The molecule has 1 aromatic rings. The Labute approximate surface area is 110 Å². The molecule has 0 saturated heterocycles. The summed E-state index contributed by atoms with van der Waals surface area (Å²) in [7, 11) is 1.60. The number of hydrogen-bond donors (Lipinski definition) is 0. The van der Waals surface area contributed by atoms with E-state index in [1.807, 2.05) is 13.8 Å². The molecule has 0 bridgehead atoms. The quantitative estimate of drug-likeness (QED) is 0.774. The lowest BCUT2D eigenvalue weighted by Crippen LogP contribution is -2.46. The topological polar surface area (TPSA) is 20.3 Å². The van der Waals surface area contributed by atoms with Crippen molar-refractivity contribution in [3.63, 3.8) is 0 Å². The van der Waals surface area contributed by atoms with E-state index in [0.29, 0.717) is 0 Å². The average Bonchev–Trinajstić information content (AvgIpc) is 2.27. The van der Waals surface area contributed by atoms with Gasteiger partial charge in [-0.1, -0.05) is 11.6 Å². The Morgan fingerprint density at radius 2 is 2.06 bits per heavy atom. The van der Waals surface area contributed by atoms with Gasteiger partial charge < -0.3 is 4.90 Å². The van der Waals surface area contributed by atoms with E-state index in [1.165, 1.54) is 17.0 Å². The van der Waals surface area contributed by atoms with Gasteiger partial charge in [-0.25, -0.2) is 4.39 Å². The molecule has 2 nitrogen and oxygen atoms in total. The van der Waals surface area contributed by atoms with Crippen LogP contribution in [0.5, 0.6) is 0 Å². The predicted octanol–water partition coefficient (Wildman–Crippen LogP) is 3.57. The van der Waals surface area contributed by atoms with E-state index in [0.717, 1.165) is 6.07 Å². The summed E-state index contributed by atoms with van der Waals surface area (Å²) in [6.45, 7) is 3.62. The normalized spacial score (nSPS) is 11.4. The van der Waals surface area contributed by atoms with Crippen LogP contribution in [0.2, 0.25) is 5.02 Å². The molecule has 1 aromatic carbocycles. The molecule has 0 radical (unpaired) electrons. The highest BCUT2D eigenvalue weighted by Crippen LogP contribution is 2.21. The molecule has 0 aliphatic carbocycles. The maximum atomic E-state index is 13.6. The summed E-state index contributed by atoms with van der Waals surface area (Å²) in [6.07, 6.45) is 0. The SMILES string of the molecule is CN(C(=O)c1ccc(Cl)cc1F)C(C)(C)CCl. The van der Waals surface area contributed by atoms with Crippen molar-refractivity contribution in [1.29, 1.82) is 0 Å². The molecule has 0 aliphatic rings. The molecule has 0 N–H and O–H groups in total. The van der Waals surface area contributed by atoms with Crippen LogP contribution in [0.3, 0.4) is 0 Å². The van der Waals surface area contributed by atoms with Gasteiger partial charge in [0.25, 0.3) is 5.91 Å². The number of amides is 1. The minimum Gasteiger partial charge on any atom is -0.335 e. The van der Waals surface area contributed by atoms with E-state index in [1.54, 1.807) is 7.05 Å². The van der Waals surface area contributed by atoms with Gasteiger partial charge in [0.1, 0.15) is 5.82 Å². The van der Waals surface area contributed by atoms with Gasteiger partial charge in [0.05, 0.1) is 11.1 Å². The van der Waals surface area contributed by atoms with Gasteiger partial charge in [0.15, 0.2) is 0 Å². The molecule has 0 atom stereocenters. The van der Waals surface area contributed by atoms with Gasteiger partial charge >= 0.3 is 0 Å². The third kappa shape index (κ3) is 3.11. The molecular formula is C12H14Cl2FNO. The van der Waals surface area contributed by atoms with Crippen LogP contribution < -0.4 is 0 Å². The van der Waals surface area contributed by atoms with Crippen molar-refractivity contribution in [3.8, 4) is 0 Å². The minimum absolute atomic E-state index is 0.00454. The third-order valence-electron chi connectivity index (χ3n) is 2.70. The summed E-state index contributed by atoms with van der Waals surface area (Å²) in [5.74, 6) is -0.769. The molecule has 0 aromatic heterocycles. The number of hydrogen-bond acceptors (Lipinski definition) is 1. The fourth-order valence-corrected chi connectivity index (χ4v) is 1.55. The molecule has 0 fully saturated rings. The lowest BCUT2D eigenvalue weighted by molar-refractivity contribution is 0.0655. The zero-order chi connectivity index (χ0) is 13.2. The highest BCUT2D eigenvalue weighted by atomic mass is 35.5. The summed E-state index contributed by atoms with van der Waals surface area (Å²) in [5, 5.41) is 0.262. The summed E-state index contributed by atoms with van der Waals surface area (Å²) < 4.78 is 13.6. The van der Waals surface area contributed by atoms with Crippen LogP contribution in [-0.2, 0) is 0 Å². The van der Waals surface area contributed by atoms with Crippen molar-refractivity contribution < 1.29 is 9.18 Å². The van der Waals surface area contributed by atoms with Crippen molar-refractivity contribution >= 4 is 29.1 Å². The third-order valence-corrected chi connectivity index (χ3v) is 3.59. The summed E-state index contributed by atoms with van der Waals surface area (Å²) in [4.78, 5) is 13.5. The monoisotopic (exact) mass is 277 g/mol. The van der Waals surface area contributed by atoms with Crippen LogP contribution in [0.1, 0.15) is 24.2 Å². The van der Waals surface area contributed by atoms with Gasteiger partial charge in [-0.3, -0.25) is 4.79 Å². The van der Waals surface area contributed by atoms with Crippen molar-refractivity contribution in [1.82, 2.24) is 4.90 Å². The second-order valence-electron chi connectivity index (χ2n) is 4.43. The number of nitrogens with zero attached hydrogens (tertiary/aromatic N) is 1. The second kappa shape index (κ2) is 5.23. The highest BCUT2D eigenvalue weighted by molar-refractivity contribution is 6.30. The maximum absolute atomic E-state index is 13.6. The van der Waals surface area contributed by atoms with Gasteiger partial charge in [-0.2, -0.15) is 0 Å². The van der Waals surface area contributed by atoms with E-state index < -0.39 is 17.3 Å². The lowest BCUT2D eigenvalue weighted by Gasteiger charge is -2.34. The van der Waals surface area contributed by atoms with E-state index in [-0.39, 0.29) is 16.5 Å². The number of benzene rings is 1. The summed E-state index contributed by atoms with van der Waals surface area (Å²) in [5.41, 5.74) is -0.542. The predicted molar refractivity (Wildman–Crippen MR) is 68.3 cm³/mol. The number of carbonyl (C=O) groups is 1. The molecule has 0 unspecified atom stereocenters. The number of carbonyl (C=O) groups excluding carboxylic acids is 1. The summed E-state index contributed by atoms with van der Waals surface area (Å²) >= 11 is 11.4. The first-order valence-corrected chi connectivity index (χ1v) is 6.00. The van der Waals surface area contributed by atoms with E-state index in [9.17, 15) is 9.18 Å². The van der Waals surface area contributed by atoms with Crippen LogP contribution in [0.15, 0.2) is 18.2 Å². The number of alkyl halides is 1. The van der Waals surface area contributed by atoms with Crippen LogP contribution in [0, 0.1) is 5.82 Å². The largest absolute Gasteiger partial charge is 0.335 e. The van der Waals surface area contributed by atoms with Gasteiger partial charge in [0.2, 0.25) is 0 Å². The first kappa shape index (κ1) is 14.3. The van der Waals surface area contributed by atoms with Crippen LogP contribution >= 0.6 is 23.2 Å². The number of halogens is 3. The second-order valence-corrected chi connectivity index (χ2v) is 5.14. The highest BCUT2D eigenvalue weighted by Gasteiger charge is 2.28. The van der Waals surface area contributed by atoms with Crippen molar-refractivity contribution in [2.45, 2.75) is 19.4 Å². The fraction of sp³-hybridized carbons (Fsp3) is 0.417. The smallest absolute Gasteiger partial charge is 0.257 e. The Morgan fingerprint density at radius 1 is 1.47 bits per heavy atom. The minimum atomic E-state index is -0.625. The molecule has 1 amide bonds. The molecule has 17 heavy (non-hydrogen) atoms. The molecule has 0 aliphatic heterocycles. The van der Waals surface area contributed by atoms with E-state index in [2.05, 4.69) is 0 Å². The molecule has 5 heteroatoms. The Balaban J connectivity index is 3.05. The number of rotatable bonds is 3. The first-order chi connectivity index (χ1) is 7.79. The molecule has 94 valence electrons. The Bertz CT molecular complexity index is 435. The molecule has 0 heterocycles. The zero-order valence-corrected chi connectivity index (χ0v) is 11.4. The fourth-order valence-electron chi connectivity index (χ4n) is 1.21. The van der Waals surface area contributed by atoms with Crippen LogP contribution in [-0.4, -0.2) is 29.3 Å².